The fourth-order valence-corrected chi connectivity index (χ4v) is 3.75. The molecule has 2 atom stereocenters. The second-order valence-electron chi connectivity index (χ2n) is 7.02. The molecule has 1 amide bonds. The number of ether oxygens (including phenoxy) is 1. The van der Waals surface area contributed by atoms with Crippen LogP contribution in [0, 0.1) is 18.8 Å². The second-order valence-corrected chi connectivity index (χ2v) is 8.73. The number of nitrogens with one attached hydrogen (secondary N) is 2. The molecule has 0 radical (unpaired) electrons. The minimum absolute atomic E-state index is 0.113. The van der Waals surface area contributed by atoms with Crippen molar-refractivity contribution in [2.45, 2.75) is 52.0 Å². The van der Waals surface area contributed by atoms with E-state index >= 15 is 0 Å². The van der Waals surface area contributed by atoms with Gasteiger partial charge in [0, 0.05) is 13.0 Å². The van der Waals surface area contributed by atoms with Gasteiger partial charge in [-0.25, -0.2) is 8.42 Å². The third-order valence-corrected chi connectivity index (χ3v) is 5.46. The van der Waals surface area contributed by atoms with E-state index < -0.39 is 22.0 Å². The zero-order valence-electron chi connectivity index (χ0n) is 16.6. The molecule has 152 valence electrons. The maximum atomic E-state index is 12.6. The van der Waals surface area contributed by atoms with Gasteiger partial charge in [0.25, 0.3) is 0 Å². The van der Waals surface area contributed by atoms with E-state index in [0.717, 1.165) is 5.56 Å². The van der Waals surface area contributed by atoms with Gasteiger partial charge >= 0.3 is 5.97 Å². The summed E-state index contributed by atoms with van der Waals surface area (Å²) in [6.45, 7) is 9.52. The maximum Gasteiger partial charge on any atom is 0.306 e. The van der Waals surface area contributed by atoms with Gasteiger partial charge in [0.15, 0.2) is 0 Å². The average Bonchev–Trinajstić information content (AvgIpc) is 2.58. The summed E-state index contributed by atoms with van der Waals surface area (Å²) in [5, 5.41) is 2.72. The fourth-order valence-electron chi connectivity index (χ4n) is 2.41. The highest BCUT2D eigenvalue weighted by atomic mass is 32.2. The number of aryl methyl sites for hydroxylation is 1. The summed E-state index contributed by atoms with van der Waals surface area (Å²) < 4.78 is 32.5. The molecule has 0 aliphatic rings. The molecule has 8 heteroatoms. The number of esters is 1. The zero-order chi connectivity index (χ0) is 20.6. The van der Waals surface area contributed by atoms with Crippen molar-refractivity contribution in [2.75, 3.05) is 13.2 Å². The minimum atomic E-state index is -3.82. The van der Waals surface area contributed by atoms with Gasteiger partial charge in [0.2, 0.25) is 15.9 Å². The first-order valence-electron chi connectivity index (χ1n) is 9.09. The molecule has 27 heavy (non-hydrogen) atoms. The van der Waals surface area contributed by atoms with Crippen molar-refractivity contribution in [3.8, 4) is 0 Å². The smallest absolute Gasteiger partial charge is 0.306 e. The normalized spacial score (nSPS) is 13.9. The average molecular weight is 399 g/mol. The number of rotatable bonds is 10. The molecule has 0 heterocycles. The summed E-state index contributed by atoms with van der Waals surface area (Å²) in [4.78, 5) is 24.1. The van der Waals surface area contributed by atoms with Gasteiger partial charge in [0.1, 0.15) is 6.04 Å². The van der Waals surface area contributed by atoms with Gasteiger partial charge in [-0.15, -0.1) is 0 Å². The summed E-state index contributed by atoms with van der Waals surface area (Å²) in [6, 6.07) is 5.51. The van der Waals surface area contributed by atoms with Crippen LogP contribution in [-0.2, 0) is 24.3 Å². The van der Waals surface area contributed by atoms with Crippen molar-refractivity contribution in [3.63, 3.8) is 0 Å². The molecule has 0 saturated heterocycles. The predicted molar refractivity (Wildman–Crippen MR) is 104 cm³/mol. The molecule has 0 aliphatic carbocycles. The summed E-state index contributed by atoms with van der Waals surface area (Å²) in [5.74, 6) is -1.10. The molecule has 1 unspecified atom stereocenters. The minimum Gasteiger partial charge on any atom is -0.466 e. The number of hydrogen-bond acceptors (Lipinski definition) is 5. The van der Waals surface area contributed by atoms with E-state index in [-0.39, 0.29) is 35.7 Å². The van der Waals surface area contributed by atoms with Gasteiger partial charge in [0.05, 0.1) is 11.5 Å². The molecule has 0 aliphatic heterocycles. The van der Waals surface area contributed by atoms with Gasteiger partial charge in [-0.05, 0) is 37.8 Å². The molecule has 0 saturated carbocycles. The van der Waals surface area contributed by atoms with E-state index in [1.165, 1.54) is 12.1 Å². The molecule has 2 N–H and O–H groups in total. The molecular formula is C19H30N2O5S. The van der Waals surface area contributed by atoms with Crippen LogP contribution in [-0.4, -0.2) is 39.5 Å². The number of carbonyl (C=O) groups is 2. The van der Waals surface area contributed by atoms with Crippen LogP contribution < -0.4 is 10.0 Å². The van der Waals surface area contributed by atoms with E-state index in [1.807, 2.05) is 13.8 Å². The van der Waals surface area contributed by atoms with E-state index in [2.05, 4.69) is 10.0 Å². The van der Waals surface area contributed by atoms with Gasteiger partial charge in [-0.3, -0.25) is 9.59 Å². The van der Waals surface area contributed by atoms with E-state index in [4.69, 9.17) is 4.74 Å². The molecular weight excluding hydrogens is 368 g/mol. The third kappa shape index (κ3) is 7.68. The summed E-state index contributed by atoms with van der Waals surface area (Å²) in [5.41, 5.74) is 0.947. The summed E-state index contributed by atoms with van der Waals surface area (Å²) >= 11 is 0. The highest BCUT2D eigenvalue weighted by Gasteiger charge is 2.28. The van der Waals surface area contributed by atoms with Crippen LogP contribution >= 0.6 is 0 Å². The highest BCUT2D eigenvalue weighted by Crippen LogP contribution is 2.13. The Bertz CT molecular complexity index is 729. The highest BCUT2D eigenvalue weighted by molar-refractivity contribution is 7.89. The molecule has 7 nitrogen and oxygen atoms in total. The van der Waals surface area contributed by atoms with Crippen LogP contribution in [0.3, 0.4) is 0 Å². The van der Waals surface area contributed by atoms with Crippen LogP contribution in [0.4, 0.5) is 0 Å². The SMILES string of the molecule is CCOC(=O)CC(C)CNC(=O)[C@@H](NS(=O)(=O)c1ccc(C)cc1)C(C)C. The first-order chi connectivity index (χ1) is 12.6. The standard InChI is InChI=1S/C19H30N2O5S/c1-6-26-17(22)11-15(5)12-20-19(23)18(13(2)3)21-27(24,25)16-9-7-14(4)8-10-16/h7-10,13,15,18,21H,6,11-12H2,1-5H3,(H,20,23)/t15?,18-/m0/s1. The monoisotopic (exact) mass is 398 g/mol. The number of hydrogen-bond donors (Lipinski definition) is 2. The number of carbonyl (C=O) groups excluding carboxylic acids is 2. The predicted octanol–water partition coefficient (Wildman–Crippen LogP) is 2.00. The topological polar surface area (TPSA) is 102 Å². The molecule has 0 spiro atoms. The Kier molecular flexibility index (Phi) is 8.92. The Labute approximate surface area is 161 Å². The van der Waals surface area contributed by atoms with Gasteiger partial charge < -0.3 is 10.1 Å². The van der Waals surface area contributed by atoms with Crippen LogP contribution in [0.5, 0.6) is 0 Å². The molecule has 0 fully saturated rings. The Balaban J connectivity index is 2.73. The Morgan fingerprint density at radius 3 is 2.22 bits per heavy atom. The fraction of sp³-hybridized carbons (Fsp3) is 0.579. The second kappa shape index (κ2) is 10.4. The van der Waals surface area contributed by atoms with Gasteiger partial charge in [-0.1, -0.05) is 38.5 Å². The Morgan fingerprint density at radius 1 is 1.11 bits per heavy atom. The lowest BCUT2D eigenvalue weighted by atomic mass is 10.0. The summed E-state index contributed by atoms with van der Waals surface area (Å²) in [6.07, 6.45) is 0.190. The molecule has 1 rings (SSSR count). The van der Waals surface area contributed by atoms with Crippen molar-refractivity contribution < 1.29 is 22.7 Å². The lowest BCUT2D eigenvalue weighted by Gasteiger charge is -2.22. The zero-order valence-corrected chi connectivity index (χ0v) is 17.4. The van der Waals surface area contributed by atoms with Crippen molar-refractivity contribution in [2.24, 2.45) is 11.8 Å². The van der Waals surface area contributed by atoms with E-state index in [0.29, 0.717) is 6.61 Å². The quantitative estimate of drug-likeness (QED) is 0.587. The van der Waals surface area contributed by atoms with Crippen LogP contribution in [0.1, 0.15) is 39.7 Å². The number of amides is 1. The Hall–Kier alpha value is -1.93. The summed E-state index contributed by atoms with van der Waals surface area (Å²) in [7, 11) is -3.82. The molecule has 1 aromatic carbocycles. The third-order valence-electron chi connectivity index (χ3n) is 4.01. The van der Waals surface area contributed by atoms with Crippen LogP contribution in [0.15, 0.2) is 29.2 Å². The van der Waals surface area contributed by atoms with E-state index in [9.17, 15) is 18.0 Å². The van der Waals surface area contributed by atoms with Crippen LogP contribution in [0.25, 0.3) is 0 Å². The van der Waals surface area contributed by atoms with E-state index in [1.54, 1.807) is 32.9 Å². The first-order valence-corrected chi connectivity index (χ1v) is 10.6. The molecule has 0 aromatic heterocycles. The first kappa shape index (κ1) is 23.1. The lowest BCUT2D eigenvalue weighted by Crippen LogP contribution is -2.50. The van der Waals surface area contributed by atoms with Crippen molar-refractivity contribution in [3.05, 3.63) is 29.8 Å². The Morgan fingerprint density at radius 2 is 1.70 bits per heavy atom. The molecule has 1 aromatic rings. The number of benzene rings is 1. The molecule has 0 bridgehead atoms. The van der Waals surface area contributed by atoms with Crippen molar-refractivity contribution in [1.82, 2.24) is 10.0 Å². The lowest BCUT2D eigenvalue weighted by molar-refractivity contribution is -0.144. The number of sulfonamides is 1. The van der Waals surface area contributed by atoms with Crippen molar-refractivity contribution in [1.29, 1.82) is 0 Å². The maximum absolute atomic E-state index is 12.6. The van der Waals surface area contributed by atoms with Crippen LogP contribution in [0.2, 0.25) is 0 Å². The van der Waals surface area contributed by atoms with Crippen molar-refractivity contribution >= 4 is 21.9 Å². The largest absolute Gasteiger partial charge is 0.466 e. The van der Waals surface area contributed by atoms with Gasteiger partial charge in [-0.2, -0.15) is 4.72 Å².